The fourth-order valence-corrected chi connectivity index (χ4v) is 4.95. The van der Waals surface area contributed by atoms with Gasteiger partial charge in [-0.15, -0.1) is 11.3 Å². The number of imidazole rings is 1. The van der Waals surface area contributed by atoms with Crippen LogP contribution in [0.4, 0.5) is 5.69 Å². The van der Waals surface area contributed by atoms with Gasteiger partial charge in [0.15, 0.2) is 5.16 Å². The standard InChI is InChI=1S/C22H22N4OS2/c1-3-26-19-7-5-4-6-18(19)25-22(26)29-14-17-13-28-21(24-17)12-20(27)23-16-10-8-15(2)9-11-16/h4-11,13H,3,12,14H2,1-2H3,(H,23,27). The SMILES string of the molecule is CCn1c(SCc2csc(CC(=O)Nc3ccc(C)cc3)n2)nc2ccccc21. The van der Waals surface area contributed by atoms with Gasteiger partial charge in [0.2, 0.25) is 5.91 Å². The Bertz CT molecular complexity index is 1130. The van der Waals surface area contributed by atoms with Gasteiger partial charge in [0.05, 0.1) is 23.1 Å². The van der Waals surface area contributed by atoms with Crippen LogP contribution < -0.4 is 5.32 Å². The molecule has 0 spiro atoms. The summed E-state index contributed by atoms with van der Waals surface area (Å²) < 4.78 is 2.22. The predicted molar refractivity (Wildman–Crippen MR) is 121 cm³/mol. The van der Waals surface area contributed by atoms with Crippen LogP contribution in [0.15, 0.2) is 59.1 Å². The van der Waals surface area contributed by atoms with Gasteiger partial charge in [-0.3, -0.25) is 4.79 Å². The number of hydrogen-bond donors (Lipinski definition) is 1. The van der Waals surface area contributed by atoms with Gasteiger partial charge < -0.3 is 9.88 Å². The molecule has 0 atom stereocenters. The van der Waals surface area contributed by atoms with E-state index < -0.39 is 0 Å². The lowest BCUT2D eigenvalue weighted by molar-refractivity contribution is -0.115. The van der Waals surface area contributed by atoms with Crippen molar-refractivity contribution >= 4 is 45.7 Å². The number of para-hydroxylation sites is 2. The van der Waals surface area contributed by atoms with Gasteiger partial charge in [-0.05, 0) is 38.1 Å². The highest BCUT2D eigenvalue weighted by Crippen LogP contribution is 2.27. The van der Waals surface area contributed by atoms with Crippen LogP contribution in [0.3, 0.4) is 0 Å². The molecular formula is C22H22N4OS2. The van der Waals surface area contributed by atoms with Crippen molar-refractivity contribution in [1.29, 1.82) is 0 Å². The van der Waals surface area contributed by atoms with Crippen LogP contribution in [0.1, 0.15) is 23.2 Å². The second kappa shape index (κ2) is 8.80. The highest BCUT2D eigenvalue weighted by molar-refractivity contribution is 7.98. The van der Waals surface area contributed by atoms with E-state index in [-0.39, 0.29) is 12.3 Å². The minimum atomic E-state index is -0.0461. The lowest BCUT2D eigenvalue weighted by Gasteiger charge is -2.04. The second-order valence-electron chi connectivity index (χ2n) is 6.74. The Hall–Kier alpha value is -2.64. The first kappa shape index (κ1) is 19.7. The number of hydrogen-bond acceptors (Lipinski definition) is 5. The van der Waals surface area contributed by atoms with Crippen molar-refractivity contribution in [1.82, 2.24) is 14.5 Å². The van der Waals surface area contributed by atoms with Gasteiger partial charge in [-0.25, -0.2) is 9.97 Å². The third-order valence-electron chi connectivity index (χ3n) is 4.53. The molecule has 0 aliphatic heterocycles. The fraction of sp³-hybridized carbons (Fsp3) is 0.227. The molecule has 7 heteroatoms. The summed E-state index contributed by atoms with van der Waals surface area (Å²) in [5.41, 5.74) is 5.13. The van der Waals surface area contributed by atoms with Crippen LogP contribution in [0, 0.1) is 6.92 Å². The van der Waals surface area contributed by atoms with E-state index in [4.69, 9.17) is 4.98 Å². The summed E-state index contributed by atoms with van der Waals surface area (Å²) in [4.78, 5) is 21.6. The van der Waals surface area contributed by atoms with E-state index >= 15 is 0 Å². The van der Waals surface area contributed by atoms with Gasteiger partial charge >= 0.3 is 0 Å². The van der Waals surface area contributed by atoms with E-state index in [1.54, 1.807) is 11.8 Å². The molecule has 1 N–H and O–H groups in total. The third kappa shape index (κ3) is 4.68. The van der Waals surface area contributed by atoms with Gasteiger partial charge in [0.25, 0.3) is 0 Å². The van der Waals surface area contributed by atoms with E-state index in [1.165, 1.54) is 16.9 Å². The second-order valence-corrected chi connectivity index (χ2v) is 8.62. The zero-order chi connectivity index (χ0) is 20.2. The predicted octanol–water partition coefficient (Wildman–Crippen LogP) is 5.29. The Labute approximate surface area is 178 Å². The highest BCUT2D eigenvalue weighted by Gasteiger charge is 2.12. The van der Waals surface area contributed by atoms with Crippen LogP contribution in [0.2, 0.25) is 0 Å². The molecule has 0 unspecified atom stereocenters. The van der Waals surface area contributed by atoms with Gasteiger partial charge in [-0.2, -0.15) is 0 Å². The van der Waals surface area contributed by atoms with Crippen LogP contribution in [0.5, 0.6) is 0 Å². The third-order valence-corrected chi connectivity index (χ3v) is 6.44. The molecule has 5 nitrogen and oxygen atoms in total. The highest BCUT2D eigenvalue weighted by atomic mass is 32.2. The molecular weight excluding hydrogens is 400 g/mol. The summed E-state index contributed by atoms with van der Waals surface area (Å²) in [7, 11) is 0. The molecule has 0 fully saturated rings. The van der Waals surface area contributed by atoms with Crippen molar-refractivity contribution < 1.29 is 4.79 Å². The molecule has 0 aliphatic carbocycles. The van der Waals surface area contributed by atoms with Gasteiger partial charge in [0, 0.05) is 23.4 Å². The minimum absolute atomic E-state index is 0.0461. The molecule has 0 saturated carbocycles. The zero-order valence-electron chi connectivity index (χ0n) is 16.4. The number of rotatable bonds is 7. The molecule has 0 aliphatic rings. The number of nitrogens with zero attached hydrogens (tertiary/aromatic N) is 3. The molecule has 148 valence electrons. The number of amides is 1. The van der Waals surface area contributed by atoms with E-state index in [2.05, 4.69) is 27.9 Å². The lowest BCUT2D eigenvalue weighted by atomic mass is 10.2. The molecule has 4 rings (SSSR count). The van der Waals surface area contributed by atoms with Crippen LogP contribution in [-0.2, 0) is 23.5 Å². The molecule has 2 heterocycles. The largest absolute Gasteiger partial charge is 0.326 e. The summed E-state index contributed by atoms with van der Waals surface area (Å²) in [6.07, 6.45) is 0.288. The first-order valence-corrected chi connectivity index (χ1v) is 11.4. The quantitative estimate of drug-likeness (QED) is 0.411. The van der Waals surface area contributed by atoms with E-state index in [9.17, 15) is 4.79 Å². The van der Waals surface area contributed by atoms with Gasteiger partial charge in [0.1, 0.15) is 5.01 Å². The number of thiazole rings is 1. The lowest BCUT2D eigenvalue weighted by Crippen LogP contribution is -2.14. The Kier molecular flexibility index (Phi) is 5.97. The number of carbonyl (C=O) groups excluding carboxylic acids is 1. The van der Waals surface area contributed by atoms with Crippen molar-refractivity contribution in [3.05, 3.63) is 70.2 Å². The minimum Gasteiger partial charge on any atom is -0.326 e. The number of benzene rings is 2. The van der Waals surface area contributed by atoms with Gasteiger partial charge in [-0.1, -0.05) is 41.6 Å². The van der Waals surface area contributed by atoms with Crippen molar-refractivity contribution in [3.63, 3.8) is 0 Å². The summed E-state index contributed by atoms with van der Waals surface area (Å²) in [6, 6.07) is 16.0. The topological polar surface area (TPSA) is 59.8 Å². The first-order valence-electron chi connectivity index (χ1n) is 9.50. The molecule has 2 aromatic carbocycles. The Balaban J connectivity index is 1.37. The number of carbonyl (C=O) groups is 1. The maximum atomic E-state index is 12.3. The number of anilines is 1. The molecule has 1 amide bonds. The maximum absolute atomic E-state index is 12.3. The van der Waals surface area contributed by atoms with E-state index in [0.717, 1.165) is 44.9 Å². The maximum Gasteiger partial charge on any atom is 0.231 e. The number of aromatic nitrogens is 3. The molecule has 4 aromatic rings. The Morgan fingerprint density at radius 2 is 1.93 bits per heavy atom. The Morgan fingerprint density at radius 1 is 1.14 bits per heavy atom. The van der Waals surface area contributed by atoms with E-state index in [1.807, 2.05) is 54.8 Å². The van der Waals surface area contributed by atoms with Crippen molar-refractivity contribution in [2.45, 2.75) is 37.7 Å². The smallest absolute Gasteiger partial charge is 0.231 e. The zero-order valence-corrected chi connectivity index (χ0v) is 18.0. The number of fused-ring (bicyclic) bond motifs is 1. The number of nitrogens with one attached hydrogen (secondary N) is 1. The average Bonchev–Trinajstić information content (AvgIpc) is 3.31. The summed E-state index contributed by atoms with van der Waals surface area (Å²) in [5.74, 6) is 0.689. The number of thioether (sulfide) groups is 1. The summed E-state index contributed by atoms with van der Waals surface area (Å²) in [5, 5.41) is 6.78. The number of aryl methyl sites for hydroxylation is 2. The van der Waals surface area contributed by atoms with Crippen LogP contribution >= 0.6 is 23.1 Å². The van der Waals surface area contributed by atoms with Crippen molar-refractivity contribution in [2.24, 2.45) is 0 Å². The molecule has 29 heavy (non-hydrogen) atoms. The van der Waals surface area contributed by atoms with Crippen LogP contribution in [0.25, 0.3) is 11.0 Å². The fourth-order valence-electron chi connectivity index (χ4n) is 3.08. The Morgan fingerprint density at radius 3 is 2.72 bits per heavy atom. The van der Waals surface area contributed by atoms with Crippen molar-refractivity contribution in [3.8, 4) is 0 Å². The normalized spacial score (nSPS) is 11.1. The summed E-state index contributed by atoms with van der Waals surface area (Å²) >= 11 is 3.21. The van der Waals surface area contributed by atoms with Crippen molar-refractivity contribution in [2.75, 3.05) is 5.32 Å². The van der Waals surface area contributed by atoms with Crippen LogP contribution in [-0.4, -0.2) is 20.4 Å². The monoisotopic (exact) mass is 422 g/mol. The molecule has 0 radical (unpaired) electrons. The van der Waals surface area contributed by atoms with E-state index in [0.29, 0.717) is 0 Å². The average molecular weight is 423 g/mol. The molecule has 2 aromatic heterocycles. The summed E-state index contributed by atoms with van der Waals surface area (Å²) in [6.45, 7) is 5.03. The first-order chi connectivity index (χ1) is 14.1. The molecule has 0 bridgehead atoms. The molecule has 0 saturated heterocycles.